The van der Waals surface area contributed by atoms with E-state index < -0.39 is 0 Å². The molecule has 1 N–H and O–H groups in total. The van der Waals surface area contributed by atoms with Gasteiger partial charge < -0.3 is 14.8 Å². The zero-order valence-electron chi connectivity index (χ0n) is 11.6. The van der Waals surface area contributed by atoms with Gasteiger partial charge >= 0.3 is 6.09 Å². The van der Waals surface area contributed by atoms with Gasteiger partial charge in [-0.15, -0.1) is 0 Å². The Labute approximate surface area is 113 Å². The van der Waals surface area contributed by atoms with Crippen LogP contribution in [0.5, 0.6) is 5.75 Å². The SMILES string of the molecule is CC(C)(C)COC(=O)NC1CCOc2cnccc21. The number of ether oxygens (including phenoxy) is 2. The lowest BCUT2D eigenvalue weighted by atomic mass is 9.99. The van der Waals surface area contributed by atoms with Gasteiger partial charge in [-0.25, -0.2) is 4.79 Å². The van der Waals surface area contributed by atoms with Crippen LogP contribution in [0.4, 0.5) is 4.79 Å². The molecule has 1 aliphatic heterocycles. The molecule has 2 rings (SSSR count). The fourth-order valence-electron chi connectivity index (χ4n) is 1.86. The molecule has 0 spiro atoms. The Morgan fingerprint density at radius 3 is 3.11 bits per heavy atom. The summed E-state index contributed by atoms with van der Waals surface area (Å²) < 4.78 is 10.7. The van der Waals surface area contributed by atoms with Crippen LogP contribution in [0.15, 0.2) is 18.5 Å². The zero-order valence-corrected chi connectivity index (χ0v) is 11.6. The smallest absolute Gasteiger partial charge is 0.407 e. The van der Waals surface area contributed by atoms with Gasteiger partial charge in [0.05, 0.1) is 25.5 Å². The quantitative estimate of drug-likeness (QED) is 0.892. The number of rotatable bonds is 2. The molecule has 0 saturated carbocycles. The molecule has 0 aliphatic carbocycles. The van der Waals surface area contributed by atoms with Gasteiger partial charge in [0.2, 0.25) is 0 Å². The van der Waals surface area contributed by atoms with Crippen molar-refractivity contribution in [2.24, 2.45) is 5.41 Å². The van der Waals surface area contributed by atoms with Crippen molar-refractivity contribution in [3.05, 3.63) is 24.0 Å². The first kappa shape index (κ1) is 13.6. The van der Waals surface area contributed by atoms with Crippen molar-refractivity contribution in [2.45, 2.75) is 33.2 Å². The van der Waals surface area contributed by atoms with E-state index in [4.69, 9.17) is 9.47 Å². The second-order valence-corrected chi connectivity index (χ2v) is 5.88. The summed E-state index contributed by atoms with van der Waals surface area (Å²) in [6, 6.07) is 1.79. The molecule has 19 heavy (non-hydrogen) atoms. The number of alkyl carbamates (subject to hydrolysis) is 1. The number of hydrogen-bond donors (Lipinski definition) is 1. The minimum atomic E-state index is -0.385. The number of nitrogens with zero attached hydrogens (tertiary/aromatic N) is 1. The highest BCUT2D eigenvalue weighted by atomic mass is 16.5. The lowest BCUT2D eigenvalue weighted by molar-refractivity contribution is 0.101. The fraction of sp³-hybridized carbons (Fsp3) is 0.571. The third-order valence-corrected chi connectivity index (χ3v) is 2.78. The number of nitrogens with one attached hydrogen (secondary N) is 1. The third kappa shape index (κ3) is 3.84. The van der Waals surface area contributed by atoms with Crippen LogP contribution in [-0.2, 0) is 4.74 Å². The van der Waals surface area contributed by atoms with Crippen LogP contribution in [-0.4, -0.2) is 24.3 Å². The number of carbonyl (C=O) groups excluding carboxylic acids is 1. The van der Waals surface area contributed by atoms with Crippen molar-refractivity contribution in [1.29, 1.82) is 0 Å². The summed E-state index contributed by atoms with van der Waals surface area (Å²) in [7, 11) is 0. The second kappa shape index (κ2) is 5.47. The van der Waals surface area contributed by atoms with E-state index in [1.807, 2.05) is 26.8 Å². The minimum absolute atomic E-state index is 0.0329. The Hall–Kier alpha value is -1.78. The topological polar surface area (TPSA) is 60.5 Å². The van der Waals surface area contributed by atoms with Gasteiger partial charge in [0.1, 0.15) is 5.75 Å². The van der Waals surface area contributed by atoms with Crippen molar-refractivity contribution < 1.29 is 14.3 Å². The zero-order chi connectivity index (χ0) is 13.9. The van der Waals surface area contributed by atoms with E-state index in [1.54, 1.807) is 12.4 Å². The maximum Gasteiger partial charge on any atom is 0.407 e. The van der Waals surface area contributed by atoms with E-state index in [0.717, 1.165) is 17.7 Å². The summed E-state index contributed by atoms with van der Waals surface area (Å²) >= 11 is 0. The maximum atomic E-state index is 11.8. The normalized spacial score (nSPS) is 18.2. The van der Waals surface area contributed by atoms with Gasteiger partial charge in [0.25, 0.3) is 0 Å². The van der Waals surface area contributed by atoms with Gasteiger partial charge in [0, 0.05) is 18.2 Å². The first-order valence-electron chi connectivity index (χ1n) is 6.46. The van der Waals surface area contributed by atoms with Gasteiger partial charge in [-0.1, -0.05) is 20.8 Å². The van der Waals surface area contributed by atoms with Crippen molar-refractivity contribution in [2.75, 3.05) is 13.2 Å². The van der Waals surface area contributed by atoms with E-state index in [1.165, 1.54) is 0 Å². The Bertz CT molecular complexity index is 454. The molecule has 1 aliphatic rings. The van der Waals surface area contributed by atoms with Crippen LogP contribution in [0.2, 0.25) is 0 Å². The molecule has 1 aromatic rings. The van der Waals surface area contributed by atoms with Gasteiger partial charge in [-0.05, 0) is 11.5 Å². The molecule has 0 fully saturated rings. The Morgan fingerprint density at radius 1 is 1.58 bits per heavy atom. The number of amides is 1. The molecule has 1 atom stereocenters. The summed E-state index contributed by atoms with van der Waals surface area (Å²) in [6.45, 7) is 7.04. The third-order valence-electron chi connectivity index (χ3n) is 2.78. The molecule has 0 radical (unpaired) electrons. The van der Waals surface area contributed by atoms with Crippen molar-refractivity contribution in [3.8, 4) is 5.75 Å². The van der Waals surface area contributed by atoms with Crippen molar-refractivity contribution in [1.82, 2.24) is 10.3 Å². The number of carbonyl (C=O) groups is 1. The molecular formula is C14H20N2O3. The first-order chi connectivity index (χ1) is 8.96. The van der Waals surface area contributed by atoms with Crippen molar-refractivity contribution in [3.63, 3.8) is 0 Å². The average Bonchev–Trinajstić information content (AvgIpc) is 2.36. The minimum Gasteiger partial charge on any atom is -0.492 e. The molecule has 1 aromatic heterocycles. The average molecular weight is 264 g/mol. The van der Waals surface area contributed by atoms with Crippen LogP contribution in [0.25, 0.3) is 0 Å². The largest absolute Gasteiger partial charge is 0.492 e. The van der Waals surface area contributed by atoms with Gasteiger partial charge in [-0.3, -0.25) is 4.98 Å². The highest BCUT2D eigenvalue weighted by Gasteiger charge is 2.24. The lowest BCUT2D eigenvalue weighted by Gasteiger charge is -2.26. The molecule has 5 heteroatoms. The maximum absolute atomic E-state index is 11.8. The standard InChI is InChI=1S/C14H20N2O3/c1-14(2,3)9-19-13(17)16-11-5-7-18-12-8-15-6-4-10(11)12/h4,6,8,11H,5,7,9H2,1-3H3,(H,16,17). The predicted octanol–water partition coefficient (Wildman–Crippen LogP) is 2.68. The first-order valence-corrected chi connectivity index (χ1v) is 6.46. The lowest BCUT2D eigenvalue weighted by Crippen LogP contribution is -2.34. The Morgan fingerprint density at radius 2 is 2.37 bits per heavy atom. The van der Waals surface area contributed by atoms with Crippen LogP contribution >= 0.6 is 0 Å². The summed E-state index contributed by atoms with van der Waals surface area (Å²) in [6.07, 6.45) is 3.72. The van der Waals surface area contributed by atoms with Gasteiger partial charge in [-0.2, -0.15) is 0 Å². The Balaban J connectivity index is 1.95. The van der Waals surface area contributed by atoms with Crippen LogP contribution in [0, 0.1) is 5.41 Å². The van der Waals surface area contributed by atoms with E-state index >= 15 is 0 Å². The van der Waals surface area contributed by atoms with Gasteiger partial charge in [0.15, 0.2) is 0 Å². The number of aromatic nitrogens is 1. The highest BCUT2D eigenvalue weighted by Crippen LogP contribution is 2.30. The highest BCUT2D eigenvalue weighted by molar-refractivity contribution is 5.68. The summed E-state index contributed by atoms with van der Waals surface area (Å²) in [5, 5.41) is 2.88. The molecule has 5 nitrogen and oxygen atoms in total. The number of pyridine rings is 1. The molecule has 104 valence electrons. The predicted molar refractivity (Wildman–Crippen MR) is 71.0 cm³/mol. The molecule has 0 aromatic carbocycles. The van der Waals surface area contributed by atoms with Crippen LogP contribution < -0.4 is 10.1 Å². The van der Waals surface area contributed by atoms with Crippen LogP contribution in [0.1, 0.15) is 38.8 Å². The van der Waals surface area contributed by atoms with E-state index in [0.29, 0.717) is 13.2 Å². The van der Waals surface area contributed by atoms with Crippen molar-refractivity contribution >= 4 is 6.09 Å². The molecule has 1 amide bonds. The Kier molecular flexibility index (Phi) is 3.93. The van der Waals surface area contributed by atoms with E-state index in [2.05, 4.69) is 10.3 Å². The molecular weight excluding hydrogens is 244 g/mol. The molecule has 0 bridgehead atoms. The molecule has 1 unspecified atom stereocenters. The molecule has 2 heterocycles. The second-order valence-electron chi connectivity index (χ2n) is 5.88. The fourth-order valence-corrected chi connectivity index (χ4v) is 1.86. The number of hydrogen-bond acceptors (Lipinski definition) is 4. The summed E-state index contributed by atoms with van der Waals surface area (Å²) in [5.41, 5.74) is 0.920. The molecule has 0 saturated heterocycles. The van der Waals surface area contributed by atoms with Crippen LogP contribution in [0.3, 0.4) is 0 Å². The number of fused-ring (bicyclic) bond motifs is 1. The van der Waals surface area contributed by atoms with E-state index in [9.17, 15) is 4.79 Å². The summed E-state index contributed by atoms with van der Waals surface area (Å²) in [4.78, 5) is 15.8. The van der Waals surface area contributed by atoms with E-state index in [-0.39, 0.29) is 17.6 Å². The monoisotopic (exact) mass is 264 g/mol. The summed E-state index contributed by atoms with van der Waals surface area (Å²) in [5.74, 6) is 0.731.